The van der Waals surface area contributed by atoms with Crippen molar-refractivity contribution in [2.24, 2.45) is 0 Å². The number of benzene rings is 1. The molecule has 2 aliphatic heterocycles. The number of nitrogens with zero attached hydrogens (tertiary/aromatic N) is 3. The van der Waals surface area contributed by atoms with Crippen LogP contribution >= 0.6 is 11.8 Å². The smallest absolute Gasteiger partial charge is 0.447 e. The number of fused-ring (bicyclic) bond motifs is 3. The first-order valence-corrected chi connectivity index (χ1v) is 13.4. The van der Waals surface area contributed by atoms with Crippen molar-refractivity contribution in [1.29, 1.82) is 0 Å². The summed E-state index contributed by atoms with van der Waals surface area (Å²) >= 11 is -0.227. The molecule has 0 spiro atoms. The molecule has 3 aromatic rings. The van der Waals surface area contributed by atoms with Crippen LogP contribution in [0.3, 0.4) is 0 Å². The lowest BCUT2D eigenvalue weighted by Gasteiger charge is -2.24. The third-order valence-corrected chi connectivity index (χ3v) is 8.12. The van der Waals surface area contributed by atoms with Gasteiger partial charge in [-0.1, -0.05) is 5.92 Å². The number of carbonyl (C=O) groups is 1. The van der Waals surface area contributed by atoms with Gasteiger partial charge in [0.25, 0.3) is 5.91 Å². The summed E-state index contributed by atoms with van der Waals surface area (Å²) in [4.78, 5) is 18.9. The molecule has 12 heteroatoms. The van der Waals surface area contributed by atoms with E-state index in [2.05, 4.69) is 44.7 Å². The number of alkyl halides is 3. The van der Waals surface area contributed by atoms with Gasteiger partial charge in [0.2, 0.25) is 0 Å². The van der Waals surface area contributed by atoms with Crippen LogP contribution in [0.4, 0.5) is 24.5 Å². The van der Waals surface area contributed by atoms with Crippen molar-refractivity contribution in [3.05, 3.63) is 47.8 Å². The van der Waals surface area contributed by atoms with E-state index < -0.39 is 5.51 Å². The van der Waals surface area contributed by atoms with E-state index >= 15 is 0 Å². The third-order valence-electron chi connectivity index (χ3n) is 7.31. The van der Waals surface area contributed by atoms with Gasteiger partial charge in [-0.3, -0.25) is 14.1 Å². The SMILES string of the molecule is CNC(=O)c1ccc(OC)c(NCC#Cc2nc3c(N[C@H]4C[C@@H]5CC[C@H]4N5C)cccn3c2SC(F)(F)F)c1. The maximum atomic E-state index is 13.5. The average molecular weight is 559 g/mol. The zero-order valence-electron chi connectivity index (χ0n) is 21.7. The molecule has 2 fully saturated rings. The molecule has 2 bridgehead atoms. The van der Waals surface area contributed by atoms with Crippen molar-refractivity contribution >= 4 is 34.7 Å². The summed E-state index contributed by atoms with van der Waals surface area (Å²) in [6, 6.07) is 9.63. The van der Waals surface area contributed by atoms with E-state index in [9.17, 15) is 18.0 Å². The molecule has 4 heterocycles. The van der Waals surface area contributed by atoms with Crippen molar-refractivity contribution in [3.63, 3.8) is 0 Å². The number of methoxy groups -OCH3 is 1. The minimum absolute atomic E-state index is 0.0458. The van der Waals surface area contributed by atoms with Gasteiger partial charge in [-0.2, -0.15) is 13.2 Å². The predicted octanol–water partition coefficient (Wildman–Crippen LogP) is 4.43. The fraction of sp³-hybridized carbons (Fsp3) is 0.407. The van der Waals surface area contributed by atoms with E-state index in [0.29, 0.717) is 40.4 Å². The Morgan fingerprint density at radius 2 is 2.08 bits per heavy atom. The maximum absolute atomic E-state index is 13.5. The number of nitrogens with one attached hydrogen (secondary N) is 3. The van der Waals surface area contributed by atoms with Crippen molar-refractivity contribution in [3.8, 4) is 17.6 Å². The van der Waals surface area contributed by atoms with Crippen LogP contribution in [0.25, 0.3) is 5.65 Å². The number of hydrogen-bond donors (Lipinski definition) is 3. The minimum Gasteiger partial charge on any atom is -0.495 e. The van der Waals surface area contributed by atoms with Crippen LogP contribution in [0.2, 0.25) is 0 Å². The minimum atomic E-state index is -4.50. The standard InChI is InChI=1S/C27H29F3N6O2S/c1-31-25(37)16-8-11-23(38-3)21(14-16)32-12-4-6-19-26(39-27(28,29)30)36-13-5-7-18(24(36)34-19)33-20-15-17-9-10-22(20)35(17)2/h5,7-8,11,13-14,17,20,22,32-33H,9-10,12,15H2,1-3H3,(H,31,37)/t17-,20-,22+/m0/s1. The van der Waals surface area contributed by atoms with E-state index in [1.54, 1.807) is 30.5 Å². The van der Waals surface area contributed by atoms with Crippen LogP contribution < -0.4 is 20.7 Å². The maximum Gasteiger partial charge on any atom is 0.447 e. The Bertz CT molecular complexity index is 1450. The molecule has 1 aromatic carbocycles. The van der Waals surface area contributed by atoms with Gasteiger partial charge in [0.1, 0.15) is 16.5 Å². The molecule has 2 aliphatic rings. The molecule has 1 amide bonds. The predicted molar refractivity (Wildman–Crippen MR) is 145 cm³/mol. The molecule has 206 valence electrons. The van der Waals surface area contributed by atoms with Crippen molar-refractivity contribution in [2.45, 2.75) is 47.9 Å². The fourth-order valence-electron chi connectivity index (χ4n) is 5.46. The number of ether oxygens (including phenoxy) is 1. The molecular weight excluding hydrogens is 529 g/mol. The largest absolute Gasteiger partial charge is 0.495 e. The Kier molecular flexibility index (Phi) is 7.55. The number of imidazole rings is 1. The van der Waals surface area contributed by atoms with Gasteiger partial charge in [-0.25, -0.2) is 4.98 Å². The van der Waals surface area contributed by atoms with E-state index in [4.69, 9.17) is 4.74 Å². The fourth-order valence-corrected chi connectivity index (χ4v) is 6.12. The summed E-state index contributed by atoms with van der Waals surface area (Å²) in [7, 11) is 5.17. The molecule has 2 saturated heterocycles. The summed E-state index contributed by atoms with van der Waals surface area (Å²) in [5, 5.41) is 9.10. The molecule has 0 aliphatic carbocycles. The highest BCUT2D eigenvalue weighted by atomic mass is 32.2. The summed E-state index contributed by atoms with van der Waals surface area (Å²) in [5.41, 5.74) is -2.39. The lowest BCUT2D eigenvalue weighted by atomic mass is 9.95. The zero-order valence-corrected chi connectivity index (χ0v) is 22.5. The van der Waals surface area contributed by atoms with Crippen LogP contribution in [0.1, 0.15) is 35.3 Å². The Morgan fingerprint density at radius 1 is 1.26 bits per heavy atom. The van der Waals surface area contributed by atoms with E-state index in [1.165, 1.54) is 25.0 Å². The zero-order chi connectivity index (χ0) is 27.7. The van der Waals surface area contributed by atoms with Crippen molar-refractivity contribution in [2.75, 3.05) is 38.4 Å². The van der Waals surface area contributed by atoms with Crippen LogP contribution in [-0.2, 0) is 0 Å². The number of amides is 1. The number of likely N-dealkylation sites (N-methyl/N-ethyl adjacent to an activating group) is 1. The number of aromatic nitrogens is 2. The monoisotopic (exact) mass is 558 g/mol. The molecule has 5 rings (SSSR count). The molecule has 3 N–H and O–H groups in total. The number of hydrogen-bond acceptors (Lipinski definition) is 7. The number of halogens is 3. The Hall–Kier alpha value is -3.56. The number of thioether (sulfide) groups is 1. The van der Waals surface area contributed by atoms with Gasteiger partial charge in [0.05, 0.1) is 25.0 Å². The molecule has 2 aromatic heterocycles. The van der Waals surface area contributed by atoms with E-state index in [0.717, 1.165) is 12.8 Å². The normalized spacial score (nSPS) is 20.5. The van der Waals surface area contributed by atoms with Crippen LogP contribution in [-0.4, -0.2) is 71.6 Å². The van der Waals surface area contributed by atoms with Crippen LogP contribution in [0, 0.1) is 11.8 Å². The number of pyridine rings is 1. The topological polar surface area (TPSA) is 82.9 Å². The Morgan fingerprint density at radius 3 is 2.74 bits per heavy atom. The second-order valence-electron chi connectivity index (χ2n) is 9.53. The Labute approximate surface area is 228 Å². The van der Waals surface area contributed by atoms with E-state index in [-0.39, 0.29) is 41.0 Å². The number of carbonyl (C=O) groups excluding carboxylic acids is 1. The summed E-state index contributed by atoms with van der Waals surface area (Å²) < 4.78 is 47.3. The quantitative estimate of drug-likeness (QED) is 0.293. The van der Waals surface area contributed by atoms with Crippen molar-refractivity contribution < 1.29 is 22.7 Å². The number of anilines is 2. The molecule has 0 unspecified atom stereocenters. The first-order chi connectivity index (χ1) is 18.7. The summed E-state index contributed by atoms with van der Waals surface area (Å²) in [6.07, 6.45) is 4.85. The van der Waals surface area contributed by atoms with Crippen LogP contribution in [0.5, 0.6) is 5.75 Å². The molecule has 3 atom stereocenters. The van der Waals surface area contributed by atoms with Gasteiger partial charge in [-0.05, 0) is 62.6 Å². The molecule has 0 radical (unpaired) electrons. The highest BCUT2D eigenvalue weighted by Gasteiger charge is 2.44. The second kappa shape index (κ2) is 10.9. The number of rotatable bonds is 7. The molecule has 8 nitrogen and oxygen atoms in total. The average Bonchev–Trinajstić information content (AvgIpc) is 3.54. The van der Waals surface area contributed by atoms with Crippen molar-refractivity contribution in [1.82, 2.24) is 19.6 Å². The summed E-state index contributed by atoms with van der Waals surface area (Å²) in [5.74, 6) is 5.94. The van der Waals surface area contributed by atoms with Gasteiger partial charge >= 0.3 is 5.51 Å². The highest BCUT2D eigenvalue weighted by Crippen LogP contribution is 2.41. The molecule has 39 heavy (non-hydrogen) atoms. The van der Waals surface area contributed by atoms with Gasteiger partial charge in [0.15, 0.2) is 5.65 Å². The molecular formula is C27H29F3N6O2S. The highest BCUT2D eigenvalue weighted by molar-refractivity contribution is 8.00. The van der Waals surface area contributed by atoms with Gasteiger partial charge in [-0.15, -0.1) is 0 Å². The lowest BCUT2D eigenvalue weighted by Crippen LogP contribution is -2.34. The van der Waals surface area contributed by atoms with E-state index in [1.807, 2.05) is 6.07 Å². The Balaban J connectivity index is 1.41. The lowest BCUT2D eigenvalue weighted by molar-refractivity contribution is -0.0330. The third kappa shape index (κ3) is 5.60. The van der Waals surface area contributed by atoms with Gasteiger partial charge < -0.3 is 20.7 Å². The van der Waals surface area contributed by atoms with Gasteiger partial charge in [0, 0.05) is 48.7 Å². The molecule has 0 saturated carbocycles. The first kappa shape index (κ1) is 27.0. The second-order valence-corrected chi connectivity index (χ2v) is 10.6. The van der Waals surface area contributed by atoms with Crippen LogP contribution in [0.15, 0.2) is 41.6 Å². The first-order valence-electron chi connectivity index (χ1n) is 12.6. The summed E-state index contributed by atoms with van der Waals surface area (Å²) in [6.45, 7) is 0.0974.